The molecule has 0 radical (unpaired) electrons. The Kier molecular flexibility index (Phi) is 4.24. The molecule has 1 nitrogen and oxygen atoms in total. The quantitative estimate of drug-likeness (QED) is 0.731. The summed E-state index contributed by atoms with van der Waals surface area (Å²) in [6.07, 6.45) is 9.04. The number of halogens is 1. The van der Waals surface area contributed by atoms with E-state index in [0.29, 0.717) is 0 Å². The lowest BCUT2D eigenvalue weighted by atomic mass is 9.81. The SMILES string of the molecule is Cc1ccc(-c2ccc(F)cc2)c(C)c1C1=CC2(CCCCC2)NC1. The van der Waals surface area contributed by atoms with E-state index in [4.69, 9.17) is 0 Å². The molecule has 2 aliphatic rings. The van der Waals surface area contributed by atoms with Crippen LogP contribution in [0.15, 0.2) is 42.5 Å². The van der Waals surface area contributed by atoms with E-state index >= 15 is 0 Å². The molecule has 2 aromatic rings. The van der Waals surface area contributed by atoms with Gasteiger partial charge >= 0.3 is 0 Å². The number of aryl methyl sites for hydroxylation is 1. The third-order valence-corrected chi connectivity index (χ3v) is 5.98. The highest BCUT2D eigenvalue weighted by Gasteiger charge is 2.34. The van der Waals surface area contributed by atoms with Crippen LogP contribution in [0.5, 0.6) is 0 Å². The lowest BCUT2D eigenvalue weighted by molar-refractivity contribution is 0.312. The smallest absolute Gasteiger partial charge is 0.123 e. The van der Waals surface area contributed by atoms with Crippen LogP contribution in [0.2, 0.25) is 0 Å². The van der Waals surface area contributed by atoms with Crippen LogP contribution in [-0.4, -0.2) is 12.1 Å². The molecule has 0 bridgehead atoms. The minimum atomic E-state index is -0.185. The second-order valence-electron chi connectivity index (χ2n) is 7.68. The summed E-state index contributed by atoms with van der Waals surface area (Å²) < 4.78 is 13.3. The van der Waals surface area contributed by atoms with E-state index in [1.165, 1.54) is 59.9 Å². The number of hydrogen-bond acceptors (Lipinski definition) is 1. The first kappa shape index (κ1) is 16.5. The van der Waals surface area contributed by atoms with Gasteiger partial charge in [-0.2, -0.15) is 0 Å². The topological polar surface area (TPSA) is 12.0 Å². The number of nitrogens with one attached hydrogen (secondary N) is 1. The van der Waals surface area contributed by atoms with Crippen molar-refractivity contribution in [3.63, 3.8) is 0 Å². The van der Waals surface area contributed by atoms with Crippen LogP contribution in [0.1, 0.15) is 48.8 Å². The Morgan fingerprint density at radius 2 is 1.64 bits per heavy atom. The molecule has 0 unspecified atom stereocenters. The van der Waals surface area contributed by atoms with Crippen molar-refractivity contribution in [2.75, 3.05) is 6.54 Å². The zero-order chi connectivity index (χ0) is 17.4. The summed E-state index contributed by atoms with van der Waals surface area (Å²) in [5.74, 6) is -0.185. The highest BCUT2D eigenvalue weighted by atomic mass is 19.1. The summed E-state index contributed by atoms with van der Waals surface area (Å²) in [4.78, 5) is 0. The monoisotopic (exact) mass is 335 g/mol. The van der Waals surface area contributed by atoms with Crippen LogP contribution >= 0.6 is 0 Å². The zero-order valence-corrected chi connectivity index (χ0v) is 15.2. The van der Waals surface area contributed by atoms with Crippen LogP contribution < -0.4 is 5.32 Å². The highest BCUT2D eigenvalue weighted by Crippen LogP contribution is 2.39. The molecule has 1 N–H and O–H groups in total. The van der Waals surface area contributed by atoms with E-state index < -0.39 is 0 Å². The summed E-state index contributed by atoms with van der Waals surface area (Å²) in [5.41, 5.74) is 7.93. The maximum absolute atomic E-state index is 13.3. The van der Waals surface area contributed by atoms with E-state index in [0.717, 1.165) is 12.1 Å². The van der Waals surface area contributed by atoms with Crippen molar-refractivity contribution in [1.29, 1.82) is 0 Å². The lowest BCUT2D eigenvalue weighted by Gasteiger charge is -2.32. The zero-order valence-electron chi connectivity index (χ0n) is 15.2. The molecule has 1 spiro atoms. The Bertz CT molecular complexity index is 811. The Hall–Kier alpha value is -1.93. The molecule has 4 rings (SSSR count). The van der Waals surface area contributed by atoms with Crippen LogP contribution in [0.3, 0.4) is 0 Å². The van der Waals surface area contributed by atoms with E-state index in [1.54, 1.807) is 12.1 Å². The molecular weight excluding hydrogens is 309 g/mol. The van der Waals surface area contributed by atoms with Crippen molar-refractivity contribution in [3.8, 4) is 11.1 Å². The Balaban J connectivity index is 1.76. The molecule has 2 aromatic carbocycles. The van der Waals surface area contributed by atoms with Gasteiger partial charge < -0.3 is 5.32 Å². The van der Waals surface area contributed by atoms with Gasteiger partial charge in [-0.3, -0.25) is 0 Å². The second-order valence-corrected chi connectivity index (χ2v) is 7.68. The van der Waals surface area contributed by atoms with Crippen LogP contribution in [0.4, 0.5) is 4.39 Å². The van der Waals surface area contributed by atoms with Crippen molar-refractivity contribution >= 4 is 5.57 Å². The fraction of sp³-hybridized carbons (Fsp3) is 0.391. The maximum Gasteiger partial charge on any atom is 0.123 e. The van der Waals surface area contributed by atoms with Gasteiger partial charge in [0.1, 0.15) is 5.82 Å². The number of rotatable bonds is 2. The summed E-state index contributed by atoms with van der Waals surface area (Å²) in [5, 5.41) is 3.80. The molecule has 25 heavy (non-hydrogen) atoms. The van der Waals surface area contributed by atoms with Crippen molar-refractivity contribution in [1.82, 2.24) is 5.32 Å². The summed E-state index contributed by atoms with van der Waals surface area (Å²) in [7, 11) is 0. The van der Waals surface area contributed by atoms with Crippen molar-refractivity contribution in [2.24, 2.45) is 0 Å². The molecule has 0 amide bonds. The van der Waals surface area contributed by atoms with Gasteiger partial charge in [0, 0.05) is 12.1 Å². The molecule has 0 aromatic heterocycles. The largest absolute Gasteiger partial charge is 0.304 e. The fourth-order valence-corrected chi connectivity index (χ4v) is 4.65. The molecule has 0 saturated heterocycles. The predicted molar refractivity (Wildman–Crippen MR) is 103 cm³/mol. The molecule has 0 atom stereocenters. The first-order valence-electron chi connectivity index (χ1n) is 9.41. The van der Waals surface area contributed by atoms with Crippen molar-refractivity contribution in [3.05, 3.63) is 65.0 Å². The predicted octanol–water partition coefficient (Wildman–Crippen LogP) is 5.80. The average Bonchev–Trinajstić information content (AvgIpc) is 3.00. The van der Waals surface area contributed by atoms with Crippen LogP contribution in [-0.2, 0) is 0 Å². The Morgan fingerprint density at radius 1 is 0.920 bits per heavy atom. The molecular formula is C23H26FN. The number of benzene rings is 2. The third kappa shape index (κ3) is 3.04. The van der Waals surface area contributed by atoms with Gasteiger partial charge in [0.25, 0.3) is 0 Å². The lowest BCUT2D eigenvalue weighted by Crippen LogP contribution is -2.41. The Labute approximate surface area is 150 Å². The molecule has 1 aliphatic heterocycles. The van der Waals surface area contributed by atoms with Crippen molar-refractivity contribution < 1.29 is 4.39 Å². The first-order chi connectivity index (χ1) is 12.1. The van der Waals surface area contributed by atoms with Crippen LogP contribution in [0, 0.1) is 19.7 Å². The van der Waals surface area contributed by atoms with E-state index in [1.807, 2.05) is 12.1 Å². The molecule has 1 aliphatic carbocycles. The van der Waals surface area contributed by atoms with Gasteiger partial charge in [0.2, 0.25) is 0 Å². The van der Waals surface area contributed by atoms with Gasteiger partial charge in [-0.1, -0.05) is 49.6 Å². The third-order valence-electron chi connectivity index (χ3n) is 5.98. The minimum absolute atomic E-state index is 0.185. The normalized spacial score (nSPS) is 19.2. The fourth-order valence-electron chi connectivity index (χ4n) is 4.65. The van der Waals surface area contributed by atoms with E-state index in [9.17, 15) is 4.39 Å². The summed E-state index contributed by atoms with van der Waals surface area (Å²) in [6.45, 7) is 5.35. The second kappa shape index (κ2) is 6.42. The highest BCUT2D eigenvalue weighted by molar-refractivity contribution is 5.81. The van der Waals surface area contributed by atoms with Gasteiger partial charge in [0.15, 0.2) is 0 Å². The molecule has 2 heteroatoms. The molecule has 130 valence electrons. The maximum atomic E-state index is 13.3. The van der Waals surface area contributed by atoms with E-state index in [2.05, 4.69) is 37.4 Å². The van der Waals surface area contributed by atoms with Gasteiger partial charge in [0.05, 0.1) is 0 Å². The average molecular weight is 335 g/mol. The van der Waals surface area contributed by atoms with Gasteiger partial charge in [-0.05, 0) is 72.2 Å². The van der Waals surface area contributed by atoms with Crippen LogP contribution in [0.25, 0.3) is 16.7 Å². The first-order valence-corrected chi connectivity index (χ1v) is 9.41. The van der Waals surface area contributed by atoms with E-state index in [-0.39, 0.29) is 11.4 Å². The van der Waals surface area contributed by atoms with Crippen molar-refractivity contribution in [2.45, 2.75) is 51.5 Å². The molecule has 1 heterocycles. The molecule has 1 saturated carbocycles. The molecule has 1 fully saturated rings. The Morgan fingerprint density at radius 3 is 2.36 bits per heavy atom. The number of hydrogen-bond donors (Lipinski definition) is 1. The summed E-state index contributed by atoms with van der Waals surface area (Å²) >= 11 is 0. The minimum Gasteiger partial charge on any atom is -0.304 e. The van der Waals surface area contributed by atoms with Gasteiger partial charge in [-0.25, -0.2) is 4.39 Å². The standard InChI is InChI=1S/C23H26FN/c1-16-6-11-21(18-7-9-20(24)10-8-18)17(2)22(16)19-14-23(25-15-19)12-4-3-5-13-23/h6-11,14,25H,3-5,12-13,15H2,1-2H3. The van der Waals surface area contributed by atoms with Gasteiger partial charge in [-0.15, -0.1) is 0 Å². The summed E-state index contributed by atoms with van der Waals surface area (Å²) in [6, 6.07) is 11.2.